The molecule has 1 amide bonds. The number of amides is 1. The Morgan fingerprint density at radius 2 is 1.69 bits per heavy atom. The van der Waals surface area contributed by atoms with Crippen LogP contribution in [0.25, 0.3) is 22.0 Å². The molecule has 1 N–H and O–H groups in total. The van der Waals surface area contributed by atoms with Gasteiger partial charge in [-0.2, -0.15) is 0 Å². The van der Waals surface area contributed by atoms with Crippen molar-refractivity contribution >= 4 is 50.1 Å². The maximum Gasteiger partial charge on any atom is 0.358 e. The minimum absolute atomic E-state index is 0.216. The van der Waals surface area contributed by atoms with Gasteiger partial charge in [0, 0.05) is 55.5 Å². The fourth-order valence-corrected chi connectivity index (χ4v) is 5.88. The van der Waals surface area contributed by atoms with Gasteiger partial charge in [0.15, 0.2) is 11.5 Å². The predicted molar refractivity (Wildman–Crippen MR) is 160 cm³/mol. The first-order valence-electron chi connectivity index (χ1n) is 13.5. The van der Waals surface area contributed by atoms with E-state index in [4.69, 9.17) is 4.74 Å². The highest BCUT2D eigenvalue weighted by Gasteiger charge is 2.25. The summed E-state index contributed by atoms with van der Waals surface area (Å²) < 4.78 is 60.8. The number of carbonyl (C=O) groups excluding carboxylic acids is 3. The lowest BCUT2D eigenvalue weighted by Crippen LogP contribution is -2.48. The average molecular weight is 637 g/mol. The van der Waals surface area contributed by atoms with E-state index in [-0.39, 0.29) is 23.1 Å². The van der Waals surface area contributed by atoms with Crippen LogP contribution in [0.4, 0.5) is 20.3 Å². The number of benzene rings is 2. The van der Waals surface area contributed by atoms with Crippen molar-refractivity contribution in [3.63, 3.8) is 0 Å². The number of allylic oxidation sites excluding steroid dienone is 1. The Bertz CT molecular complexity index is 1960. The van der Waals surface area contributed by atoms with Crippen molar-refractivity contribution in [2.75, 3.05) is 42.9 Å². The predicted octanol–water partition coefficient (Wildman–Crippen LogP) is 3.35. The SMILES string of the molecule is COC(=O)c1ncc(-c2ccc3ncnc(N4CCN(C(=O)/C=C/C(C)=O)CC4)c3c2)cc1NS(=O)(=O)c1ccc(F)cc1F. The van der Waals surface area contributed by atoms with E-state index >= 15 is 0 Å². The maximum atomic E-state index is 14.4. The average Bonchev–Trinajstić information content (AvgIpc) is 3.02. The van der Waals surface area contributed by atoms with E-state index in [9.17, 15) is 31.6 Å². The van der Waals surface area contributed by atoms with Crippen LogP contribution in [-0.2, 0) is 24.3 Å². The first-order valence-corrected chi connectivity index (χ1v) is 15.0. The molecule has 1 fully saturated rings. The van der Waals surface area contributed by atoms with Gasteiger partial charge in [-0.05, 0) is 48.9 Å². The number of piperazine rings is 1. The summed E-state index contributed by atoms with van der Waals surface area (Å²) in [5.41, 5.74) is 0.928. The molecule has 2 aromatic carbocycles. The van der Waals surface area contributed by atoms with E-state index < -0.39 is 32.5 Å². The van der Waals surface area contributed by atoms with Gasteiger partial charge in [0.1, 0.15) is 28.7 Å². The summed E-state index contributed by atoms with van der Waals surface area (Å²) in [6, 6.07) is 8.60. The van der Waals surface area contributed by atoms with Crippen LogP contribution < -0.4 is 9.62 Å². The molecule has 0 atom stereocenters. The number of pyridine rings is 1. The molecule has 0 radical (unpaired) electrons. The molecule has 1 aliphatic heterocycles. The highest BCUT2D eigenvalue weighted by Crippen LogP contribution is 2.32. The van der Waals surface area contributed by atoms with E-state index in [1.165, 1.54) is 37.7 Å². The van der Waals surface area contributed by atoms with Crippen molar-refractivity contribution in [2.24, 2.45) is 0 Å². The Morgan fingerprint density at radius 1 is 0.933 bits per heavy atom. The summed E-state index contributed by atoms with van der Waals surface area (Å²) in [7, 11) is -3.52. The van der Waals surface area contributed by atoms with Gasteiger partial charge >= 0.3 is 5.97 Å². The molecule has 2 aromatic heterocycles. The number of nitrogens with one attached hydrogen (secondary N) is 1. The number of ketones is 1. The normalized spacial score (nSPS) is 13.7. The molecule has 12 nitrogen and oxygen atoms in total. The molecule has 3 heterocycles. The van der Waals surface area contributed by atoms with Crippen LogP contribution >= 0.6 is 0 Å². The van der Waals surface area contributed by atoms with Crippen molar-refractivity contribution in [3.8, 4) is 11.1 Å². The number of carbonyl (C=O) groups is 3. The molecule has 0 spiro atoms. The summed E-state index contributed by atoms with van der Waals surface area (Å²) in [6.45, 7) is 3.12. The van der Waals surface area contributed by atoms with Gasteiger partial charge in [-0.15, -0.1) is 0 Å². The lowest BCUT2D eigenvalue weighted by molar-refractivity contribution is -0.126. The first-order chi connectivity index (χ1) is 21.5. The van der Waals surface area contributed by atoms with E-state index in [0.717, 1.165) is 19.2 Å². The molecule has 1 saturated heterocycles. The van der Waals surface area contributed by atoms with E-state index in [2.05, 4.69) is 19.7 Å². The number of methoxy groups -OCH3 is 1. The van der Waals surface area contributed by atoms with Crippen LogP contribution in [0.5, 0.6) is 0 Å². The fourth-order valence-electron chi connectivity index (χ4n) is 4.76. The Hall–Kier alpha value is -5.31. The van der Waals surface area contributed by atoms with Crippen LogP contribution in [-0.4, -0.2) is 79.2 Å². The fraction of sp³-hybridized carbons (Fsp3) is 0.200. The number of aromatic nitrogens is 3. The van der Waals surface area contributed by atoms with Crippen LogP contribution in [0, 0.1) is 11.6 Å². The largest absolute Gasteiger partial charge is 0.464 e. The molecule has 15 heteroatoms. The van der Waals surface area contributed by atoms with Crippen molar-refractivity contribution in [2.45, 2.75) is 11.8 Å². The van der Waals surface area contributed by atoms with E-state index in [1.807, 2.05) is 4.90 Å². The number of nitrogens with zero attached hydrogens (tertiary/aromatic N) is 5. The van der Waals surface area contributed by atoms with Gasteiger partial charge in [-0.1, -0.05) is 6.07 Å². The number of hydrogen-bond donors (Lipinski definition) is 1. The number of ether oxygens (including phenoxy) is 1. The van der Waals surface area contributed by atoms with Gasteiger partial charge in [0.25, 0.3) is 10.0 Å². The third-order valence-corrected chi connectivity index (χ3v) is 8.39. The smallest absolute Gasteiger partial charge is 0.358 e. The molecule has 0 unspecified atom stereocenters. The van der Waals surface area contributed by atoms with Crippen molar-refractivity contribution in [1.82, 2.24) is 19.9 Å². The second-order valence-corrected chi connectivity index (χ2v) is 11.6. The lowest BCUT2D eigenvalue weighted by atomic mass is 10.0. The van der Waals surface area contributed by atoms with Gasteiger partial charge in [0.2, 0.25) is 5.91 Å². The summed E-state index contributed by atoms with van der Waals surface area (Å²) in [5.74, 6) is -3.07. The van der Waals surface area contributed by atoms with Crippen molar-refractivity contribution in [1.29, 1.82) is 0 Å². The maximum absolute atomic E-state index is 14.4. The molecular formula is C30H26F2N6O6S. The monoisotopic (exact) mass is 636 g/mol. The minimum Gasteiger partial charge on any atom is -0.464 e. The molecule has 5 rings (SSSR count). The van der Waals surface area contributed by atoms with Crippen LogP contribution in [0.1, 0.15) is 17.4 Å². The van der Waals surface area contributed by atoms with Gasteiger partial charge < -0.3 is 14.5 Å². The van der Waals surface area contributed by atoms with Gasteiger partial charge in [-0.3, -0.25) is 14.3 Å². The topological polar surface area (TPSA) is 152 Å². The van der Waals surface area contributed by atoms with Crippen molar-refractivity contribution < 1.29 is 36.3 Å². The van der Waals surface area contributed by atoms with Crippen LogP contribution in [0.15, 0.2) is 72.0 Å². The minimum atomic E-state index is -4.61. The molecule has 45 heavy (non-hydrogen) atoms. The second-order valence-electron chi connectivity index (χ2n) is 9.98. The third-order valence-electron chi connectivity index (χ3n) is 6.99. The molecule has 1 aliphatic rings. The van der Waals surface area contributed by atoms with Crippen molar-refractivity contribution in [3.05, 3.63) is 84.5 Å². The zero-order valence-corrected chi connectivity index (χ0v) is 24.8. The molecule has 4 aromatic rings. The standard InChI is InChI=1S/C30H26F2N6O6S/c1-18(39)3-8-27(40)37-9-11-38(12-10-37)29-22-13-19(4-6-24(22)34-17-35-29)20-14-25(28(33-16-20)30(41)44-2)36-45(42,43)26-7-5-21(31)15-23(26)32/h3-8,13-17,36H,9-12H2,1-2H3/b8-3+. The summed E-state index contributed by atoms with van der Waals surface area (Å²) in [6.07, 6.45) is 5.28. The third kappa shape index (κ3) is 6.77. The Morgan fingerprint density at radius 3 is 2.38 bits per heavy atom. The number of sulfonamides is 1. The number of anilines is 2. The lowest BCUT2D eigenvalue weighted by Gasteiger charge is -2.35. The van der Waals surface area contributed by atoms with Crippen LogP contribution in [0.2, 0.25) is 0 Å². The molecule has 0 aliphatic carbocycles. The van der Waals surface area contributed by atoms with Gasteiger partial charge in [0.05, 0.1) is 18.3 Å². The number of esters is 1. The zero-order chi connectivity index (χ0) is 32.3. The number of halogens is 2. The van der Waals surface area contributed by atoms with E-state index in [1.54, 1.807) is 23.1 Å². The van der Waals surface area contributed by atoms with E-state index in [0.29, 0.717) is 60.1 Å². The zero-order valence-electron chi connectivity index (χ0n) is 24.0. The molecule has 232 valence electrons. The summed E-state index contributed by atoms with van der Waals surface area (Å²) in [4.78, 5) is 51.8. The Labute approximate surface area is 256 Å². The number of rotatable bonds is 8. The highest BCUT2D eigenvalue weighted by atomic mass is 32.2. The van der Waals surface area contributed by atoms with Gasteiger partial charge in [-0.25, -0.2) is 36.9 Å². The highest BCUT2D eigenvalue weighted by molar-refractivity contribution is 7.92. The summed E-state index contributed by atoms with van der Waals surface area (Å²) in [5, 5.41) is 0.666. The Balaban J connectivity index is 1.47. The molecule has 0 bridgehead atoms. The second kappa shape index (κ2) is 12.7. The van der Waals surface area contributed by atoms with Crippen LogP contribution in [0.3, 0.4) is 0 Å². The molecular weight excluding hydrogens is 610 g/mol. The summed E-state index contributed by atoms with van der Waals surface area (Å²) >= 11 is 0. The first kappa shape index (κ1) is 31.1. The molecule has 0 saturated carbocycles. The Kier molecular flexibility index (Phi) is 8.81. The number of hydrogen-bond acceptors (Lipinski definition) is 10. The quantitative estimate of drug-likeness (QED) is 0.225. The number of fused-ring (bicyclic) bond motifs is 1.